The van der Waals surface area contributed by atoms with Crippen LogP contribution in [-0.4, -0.2) is 48.0 Å². The summed E-state index contributed by atoms with van der Waals surface area (Å²) in [6, 6.07) is 12.5. The molecule has 3 rings (SSSR count). The number of carbonyl (C=O) groups is 1. The summed E-state index contributed by atoms with van der Waals surface area (Å²) in [5, 5.41) is 15.8. The number of halogens is 1. The normalized spacial score (nSPS) is 10.8. The third-order valence-electron chi connectivity index (χ3n) is 5.28. The van der Waals surface area contributed by atoms with E-state index in [0.717, 1.165) is 36.8 Å². The highest BCUT2D eigenvalue weighted by atomic mass is 35.5. The van der Waals surface area contributed by atoms with Crippen LogP contribution in [0.25, 0.3) is 10.8 Å². The van der Waals surface area contributed by atoms with Crippen LogP contribution >= 0.6 is 11.6 Å². The number of rotatable bonds is 12. The fraction of sp³-hybridized carbons (Fsp3) is 0.333. The van der Waals surface area contributed by atoms with Gasteiger partial charge in [-0.05, 0) is 60.7 Å². The summed E-state index contributed by atoms with van der Waals surface area (Å²) >= 11 is 5.80. The first-order valence-corrected chi connectivity index (χ1v) is 11.8. The number of hydrogen-bond donors (Lipinski definition) is 6. The van der Waals surface area contributed by atoms with Gasteiger partial charge in [0.2, 0.25) is 5.78 Å². The second kappa shape index (κ2) is 12.7. The van der Waals surface area contributed by atoms with Gasteiger partial charge in [0.1, 0.15) is 5.75 Å². The predicted molar refractivity (Wildman–Crippen MR) is 140 cm³/mol. The van der Waals surface area contributed by atoms with Crippen molar-refractivity contribution in [3.05, 3.63) is 52.8 Å². The van der Waals surface area contributed by atoms with Crippen LogP contribution in [0.2, 0.25) is 5.15 Å². The van der Waals surface area contributed by atoms with Crippen LogP contribution in [0.4, 0.5) is 11.6 Å². The molecule has 1 aromatic heterocycles. The molecule has 0 aliphatic rings. The van der Waals surface area contributed by atoms with Crippen molar-refractivity contribution < 1.29 is 9.53 Å². The zero-order chi connectivity index (χ0) is 25.2. The van der Waals surface area contributed by atoms with E-state index in [0.29, 0.717) is 19.7 Å². The predicted octanol–water partition coefficient (Wildman–Crippen LogP) is 2.49. The van der Waals surface area contributed by atoms with Gasteiger partial charge >= 0.3 is 0 Å². The van der Waals surface area contributed by atoms with Crippen LogP contribution in [0.1, 0.15) is 35.3 Å². The Morgan fingerprint density at radius 2 is 1.77 bits per heavy atom. The lowest BCUT2D eigenvalue weighted by Crippen LogP contribution is -2.39. The average molecular weight is 499 g/mol. The van der Waals surface area contributed by atoms with E-state index in [1.165, 1.54) is 10.9 Å². The van der Waals surface area contributed by atoms with E-state index in [-0.39, 0.29) is 35.0 Å². The zero-order valence-electron chi connectivity index (χ0n) is 19.4. The summed E-state index contributed by atoms with van der Waals surface area (Å²) in [5.74, 6) is 0.333. The van der Waals surface area contributed by atoms with E-state index < -0.39 is 5.78 Å². The number of Topliss-reactive ketones (excluding diaryl/α,β-unsaturated/α-hetero) is 1. The quantitative estimate of drug-likeness (QED) is 0.0946. The van der Waals surface area contributed by atoms with Gasteiger partial charge < -0.3 is 32.6 Å². The molecule has 0 radical (unpaired) electrons. The van der Waals surface area contributed by atoms with Crippen molar-refractivity contribution in [1.82, 2.24) is 20.6 Å². The lowest BCUT2D eigenvalue weighted by molar-refractivity contribution is 0.0992. The molecule has 0 saturated carbocycles. The second-order valence-electron chi connectivity index (χ2n) is 8.00. The summed E-state index contributed by atoms with van der Waals surface area (Å²) in [6.07, 6.45) is 3.60. The van der Waals surface area contributed by atoms with Crippen molar-refractivity contribution >= 4 is 45.8 Å². The minimum absolute atomic E-state index is 0.0374. The molecule has 2 aromatic carbocycles. The maximum absolute atomic E-state index is 12.3. The molecule has 0 saturated heterocycles. The molecule has 0 fully saturated rings. The number of hydrogen-bond acceptors (Lipinski definition) is 8. The van der Waals surface area contributed by atoms with Crippen LogP contribution in [0.5, 0.6) is 5.75 Å². The number of anilines is 2. The van der Waals surface area contributed by atoms with Gasteiger partial charge in [0.15, 0.2) is 28.4 Å². The lowest BCUT2D eigenvalue weighted by atomic mass is 10.0. The maximum Gasteiger partial charge on any atom is 0.204 e. The topological polar surface area (TPSA) is 178 Å². The number of nitrogens with zero attached hydrogens (tertiary/aromatic N) is 2. The van der Waals surface area contributed by atoms with Gasteiger partial charge in [-0.2, -0.15) is 0 Å². The number of aryl methyl sites for hydroxylation is 1. The summed E-state index contributed by atoms with van der Waals surface area (Å²) in [4.78, 5) is 19.9. The highest BCUT2D eigenvalue weighted by Gasteiger charge is 2.16. The van der Waals surface area contributed by atoms with Crippen molar-refractivity contribution in [3.63, 3.8) is 0 Å². The van der Waals surface area contributed by atoms with Gasteiger partial charge in [0, 0.05) is 6.54 Å². The Balaban J connectivity index is 1.37. The fourth-order valence-corrected chi connectivity index (χ4v) is 3.55. The Morgan fingerprint density at radius 1 is 1.00 bits per heavy atom. The first kappa shape index (κ1) is 26.0. The molecule has 0 unspecified atom stereocenters. The van der Waals surface area contributed by atoms with Crippen molar-refractivity contribution in [2.45, 2.75) is 25.7 Å². The van der Waals surface area contributed by atoms with Gasteiger partial charge in [-0.15, -0.1) is 0 Å². The van der Waals surface area contributed by atoms with Crippen LogP contribution in [-0.2, 0) is 6.42 Å². The molecule has 10 nitrogen and oxygen atoms in total. The van der Waals surface area contributed by atoms with Crippen LogP contribution in [0, 0.1) is 5.41 Å². The van der Waals surface area contributed by atoms with E-state index in [4.69, 9.17) is 38.9 Å². The number of nitrogen functional groups attached to an aromatic ring is 2. The number of ether oxygens (including phenoxy) is 1. The minimum Gasteiger partial charge on any atom is -0.494 e. The lowest BCUT2D eigenvalue weighted by Gasteiger charge is -2.11. The maximum atomic E-state index is 12.3. The summed E-state index contributed by atoms with van der Waals surface area (Å²) in [7, 11) is 0. The number of ketones is 1. The summed E-state index contributed by atoms with van der Waals surface area (Å²) < 4.78 is 5.71. The third-order valence-corrected chi connectivity index (χ3v) is 5.56. The molecule has 186 valence electrons. The number of fused-ring (bicyclic) bond motifs is 1. The Morgan fingerprint density at radius 3 is 2.57 bits per heavy atom. The first-order valence-electron chi connectivity index (χ1n) is 11.4. The van der Waals surface area contributed by atoms with E-state index >= 15 is 0 Å². The number of carbonyl (C=O) groups excluding carboxylic acids is 1. The Hall–Kier alpha value is -3.63. The van der Waals surface area contributed by atoms with Gasteiger partial charge in [-0.3, -0.25) is 10.2 Å². The van der Waals surface area contributed by atoms with E-state index in [1.807, 2.05) is 12.1 Å². The van der Waals surface area contributed by atoms with Gasteiger partial charge in [0.25, 0.3) is 0 Å². The highest BCUT2D eigenvalue weighted by Crippen LogP contribution is 2.23. The number of aromatic nitrogens is 2. The standard InChI is InChI=1S/C24H31ClN8O2/c25-21-23(28)33-22(27)20(32-21)19(34)14-31-24(29)30-10-2-1-4-15-5-6-17-13-18(35-11-3-9-26)8-7-16(17)12-15/h5-8,12-13H,1-4,9-11,14,26H2,(H4,27,28,33)(H3,29,30,31). The first-order chi connectivity index (χ1) is 16.9. The van der Waals surface area contributed by atoms with Crippen molar-refractivity contribution in [2.24, 2.45) is 5.73 Å². The van der Waals surface area contributed by atoms with Gasteiger partial charge in [-0.1, -0.05) is 35.9 Å². The third kappa shape index (κ3) is 7.69. The highest BCUT2D eigenvalue weighted by molar-refractivity contribution is 6.31. The molecule has 1 heterocycles. The summed E-state index contributed by atoms with van der Waals surface area (Å²) in [5.41, 5.74) is 17.9. The summed E-state index contributed by atoms with van der Waals surface area (Å²) in [6.45, 7) is 1.68. The smallest absolute Gasteiger partial charge is 0.204 e. The molecule has 9 N–H and O–H groups in total. The van der Waals surface area contributed by atoms with E-state index in [1.54, 1.807) is 0 Å². The number of nitrogens with two attached hydrogens (primary N) is 3. The molecular weight excluding hydrogens is 468 g/mol. The Kier molecular flexibility index (Phi) is 9.45. The molecular formula is C24H31ClN8O2. The van der Waals surface area contributed by atoms with Crippen LogP contribution < -0.4 is 32.6 Å². The van der Waals surface area contributed by atoms with E-state index in [9.17, 15) is 4.79 Å². The molecule has 0 bridgehead atoms. The van der Waals surface area contributed by atoms with Crippen molar-refractivity contribution in [1.29, 1.82) is 5.41 Å². The minimum atomic E-state index is -0.436. The van der Waals surface area contributed by atoms with Crippen molar-refractivity contribution in [3.8, 4) is 5.75 Å². The molecule has 0 atom stereocenters. The molecule has 35 heavy (non-hydrogen) atoms. The number of guanidine groups is 1. The van der Waals surface area contributed by atoms with Gasteiger partial charge in [-0.25, -0.2) is 9.97 Å². The van der Waals surface area contributed by atoms with Crippen molar-refractivity contribution in [2.75, 3.05) is 37.7 Å². The fourth-order valence-electron chi connectivity index (χ4n) is 3.42. The SMILES string of the molecule is N=C(NCCCCc1ccc2cc(OCCCN)ccc2c1)NCC(=O)c1nc(Cl)c(N)nc1N. The molecule has 0 aliphatic heterocycles. The van der Waals surface area contributed by atoms with Crippen LogP contribution in [0.3, 0.4) is 0 Å². The van der Waals surface area contributed by atoms with E-state index in [2.05, 4.69) is 44.9 Å². The monoisotopic (exact) mass is 498 g/mol. The average Bonchev–Trinajstić information content (AvgIpc) is 2.84. The molecule has 3 aromatic rings. The number of unbranched alkanes of at least 4 members (excludes halogenated alkanes) is 1. The largest absolute Gasteiger partial charge is 0.494 e. The Bertz CT molecular complexity index is 1190. The van der Waals surface area contributed by atoms with Gasteiger partial charge in [0.05, 0.1) is 13.2 Å². The number of benzene rings is 2. The number of nitrogens with one attached hydrogen (secondary N) is 3. The molecule has 0 aliphatic carbocycles. The molecule has 0 spiro atoms. The van der Waals surface area contributed by atoms with Crippen LogP contribution in [0.15, 0.2) is 36.4 Å². The molecule has 11 heteroatoms. The zero-order valence-corrected chi connectivity index (χ0v) is 20.2. The second-order valence-corrected chi connectivity index (χ2v) is 8.36. The Labute approximate surface area is 209 Å². The molecule has 0 amide bonds.